The molecule has 7 heteroatoms. The summed E-state index contributed by atoms with van der Waals surface area (Å²) in [6, 6.07) is 8.93. The lowest BCUT2D eigenvalue weighted by Gasteiger charge is -2.37. The predicted octanol–water partition coefficient (Wildman–Crippen LogP) is 4.57. The van der Waals surface area contributed by atoms with Gasteiger partial charge in [-0.25, -0.2) is 9.78 Å². The molecule has 0 bridgehead atoms. The molecule has 2 N–H and O–H groups in total. The molecule has 34 heavy (non-hydrogen) atoms. The van der Waals surface area contributed by atoms with Crippen LogP contribution in [0.25, 0.3) is 11.0 Å². The fourth-order valence-corrected chi connectivity index (χ4v) is 4.95. The highest BCUT2D eigenvalue weighted by molar-refractivity contribution is 5.94. The number of hydrogen-bond donors (Lipinski definition) is 2. The number of amides is 1. The van der Waals surface area contributed by atoms with Crippen molar-refractivity contribution in [2.75, 3.05) is 13.7 Å². The molecule has 2 heterocycles. The van der Waals surface area contributed by atoms with E-state index in [4.69, 9.17) is 9.72 Å². The summed E-state index contributed by atoms with van der Waals surface area (Å²) in [5.74, 6) is 2.08. The van der Waals surface area contributed by atoms with Crippen LogP contribution in [0.2, 0.25) is 0 Å². The fraction of sp³-hybridized carbons (Fsp3) is 0.407. The molecule has 1 amide bonds. The molecule has 0 saturated heterocycles. The van der Waals surface area contributed by atoms with Crippen LogP contribution in [0.15, 0.2) is 54.4 Å². The monoisotopic (exact) mass is 460 g/mol. The number of fused-ring (bicyclic) bond motifs is 1. The van der Waals surface area contributed by atoms with Gasteiger partial charge in [-0.3, -0.25) is 9.78 Å². The third kappa shape index (κ3) is 5.19. The topological polar surface area (TPSA) is 97.0 Å². The number of H-pyrrole nitrogens is 1. The quantitative estimate of drug-likeness (QED) is 0.398. The van der Waals surface area contributed by atoms with Gasteiger partial charge in [0.05, 0.1) is 29.3 Å². The van der Waals surface area contributed by atoms with Crippen molar-refractivity contribution in [3.63, 3.8) is 0 Å². The summed E-state index contributed by atoms with van der Waals surface area (Å²) < 4.78 is 4.82. The van der Waals surface area contributed by atoms with Gasteiger partial charge in [0.25, 0.3) is 5.91 Å². The van der Waals surface area contributed by atoms with E-state index < -0.39 is 0 Å². The lowest BCUT2D eigenvalue weighted by molar-refractivity contribution is 0.0600. The molecule has 1 aliphatic rings. The molecule has 3 aromatic rings. The SMILES string of the molecule is COC(=O)c1ccc2nc(CC3CC(C(C)C)C(CNC(=O)c4cccnc4)C=C3C)[nH]c2c1. The van der Waals surface area contributed by atoms with Gasteiger partial charge >= 0.3 is 5.97 Å². The fourth-order valence-electron chi connectivity index (χ4n) is 4.95. The molecule has 0 radical (unpaired) electrons. The van der Waals surface area contributed by atoms with Crippen molar-refractivity contribution in [1.29, 1.82) is 0 Å². The summed E-state index contributed by atoms with van der Waals surface area (Å²) in [5.41, 5.74) is 4.10. The van der Waals surface area contributed by atoms with Crippen molar-refractivity contribution < 1.29 is 14.3 Å². The van der Waals surface area contributed by atoms with Crippen LogP contribution in [0.3, 0.4) is 0 Å². The number of carbonyl (C=O) groups excluding carboxylic acids is 2. The summed E-state index contributed by atoms with van der Waals surface area (Å²) in [6.07, 6.45) is 7.44. The van der Waals surface area contributed by atoms with E-state index in [2.05, 4.69) is 42.1 Å². The Morgan fingerprint density at radius 1 is 1.24 bits per heavy atom. The third-order valence-electron chi connectivity index (χ3n) is 6.90. The van der Waals surface area contributed by atoms with Crippen LogP contribution < -0.4 is 5.32 Å². The largest absolute Gasteiger partial charge is 0.465 e. The van der Waals surface area contributed by atoms with Gasteiger partial charge in [-0.15, -0.1) is 0 Å². The van der Waals surface area contributed by atoms with Crippen molar-refractivity contribution in [3.8, 4) is 0 Å². The molecule has 0 spiro atoms. The molecule has 0 saturated carbocycles. The number of ether oxygens (including phenoxy) is 1. The molecule has 3 atom stereocenters. The summed E-state index contributed by atoms with van der Waals surface area (Å²) in [4.78, 5) is 36.5. The van der Waals surface area contributed by atoms with Crippen LogP contribution in [-0.2, 0) is 11.2 Å². The highest BCUT2D eigenvalue weighted by Gasteiger charge is 2.32. The Hall–Kier alpha value is -3.48. The van der Waals surface area contributed by atoms with Crippen LogP contribution in [-0.4, -0.2) is 40.5 Å². The maximum Gasteiger partial charge on any atom is 0.337 e. The Morgan fingerprint density at radius 3 is 2.76 bits per heavy atom. The van der Waals surface area contributed by atoms with Crippen LogP contribution in [0.4, 0.5) is 0 Å². The van der Waals surface area contributed by atoms with E-state index >= 15 is 0 Å². The number of hydrogen-bond acceptors (Lipinski definition) is 5. The summed E-state index contributed by atoms with van der Waals surface area (Å²) in [5, 5.41) is 3.10. The van der Waals surface area contributed by atoms with Gasteiger partial charge in [0.2, 0.25) is 0 Å². The van der Waals surface area contributed by atoms with Crippen LogP contribution >= 0.6 is 0 Å². The van der Waals surface area contributed by atoms with Gasteiger partial charge in [0.15, 0.2) is 0 Å². The first-order chi connectivity index (χ1) is 16.4. The van der Waals surface area contributed by atoms with Gasteiger partial charge < -0.3 is 15.0 Å². The van der Waals surface area contributed by atoms with E-state index in [1.807, 2.05) is 6.07 Å². The van der Waals surface area contributed by atoms with E-state index in [-0.39, 0.29) is 17.8 Å². The molecule has 0 fully saturated rings. The first-order valence-corrected chi connectivity index (χ1v) is 11.8. The Kier molecular flexibility index (Phi) is 7.10. The van der Waals surface area contributed by atoms with E-state index in [9.17, 15) is 9.59 Å². The first-order valence-electron chi connectivity index (χ1n) is 11.8. The minimum absolute atomic E-state index is 0.0858. The number of esters is 1. The number of nitrogens with zero attached hydrogens (tertiary/aromatic N) is 2. The molecule has 0 aliphatic heterocycles. The number of carbonyl (C=O) groups is 2. The number of aromatic amines is 1. The zero-order chi connectivity index (χ0) is 24.2. The van der Waals surface area contributed by atoms with Crippen LogP contribution in [0.1, 0.15) is 53.7 Å². The molecule has 1 aromatic carbocycles. The molecule has 3 unspecified atom stereocenters. The molecule has 1 aliphatic carbocycles. The second-order valence-corrected chi connectivity index (χ2v) is 9.48. The van der Waals surface area contributed by atoms with Crippen molar-refractivity contribution in [2.24, 2.45) is 23.7 Å². The van der Waals surface area contributed by atoms with Crippen molar-refractivity contribution in [2.45, 2.75) is 33.6 Å². The second-order valence-electron chi connectivity index (χ2n) is 9.48. The van der Waals surface area contributed by atoms with E-state index in [1.54, 1.807) is 36.7 Å². The van der Waals surface area contributed by atoms with Gasteiger partial charge in [-0.1, -0.05) is 25.5 Å². The molecule has 2 aromatic heterocycles. The number of aromatic nitrogens is 3. The maximum atomic E-state index is 12.5. The van der Waals surface area contributed by atoms with Crippen molar-refractivity contribution in [3.05, 3.63) is 71.3 Å². The highest BCUT2D eigenvalue weighted by Crippen LogP contribution is 2.38. The molecular formula is C27H32N4O3. The van der Waals surface area contributed by atoms with Crippen LogP contribution in [0.5, 0.6) is 0 Å². The van der Waals surface area contributed by atoms with Gasteiger partial charge in [0, 0.05) is 25.4 Å². The number of nitrogens with one attached hydrogen (secondary N) is 2. The lowest BCUT2D eigenvalue weighted by atomic mass is 9.69. The Bertz CT molecular complexity index is 1200. The molecular weight excluding hydrogens is 428 g/mol. The number of methoxy groups -OCH3 is 1. The standard InChI is InChI=1S/C27H32N4O3/c1-16(2)22-11-20(13-25-30-23-8-7-18(27(33)34-4)12-24(23)31-25)17(3)10-21(22)15-29-26(32)19-6-5-9-28-14-19/h5-10,12,14,16,20-22H,11,13,15H2,1-4H3,(H,29,32)(H,30,31). The maximum absolute atomic E-state index is 12.5. The average molecular weight is 461 g/mol. The summed E-state index contributed by atoms with van der Waals surface area (Å²) >= 11 is 0. The molecule has 4 rings (SSSR count). The summed E-state index contributed by atoms with van der Waals surface area (Å²) in [7, 11) is 1.38. The third-order valence-corrected chi connectivity index (χ3v) is 6.90. The highest BCUT2D eigenvalue weighted by atomic mass is 16.5. The minimum atomic E-state index is -0.356. The van der Waals surface area contributed by atoms with E-state index in [0.29, 0.717) is 35.4 Å². The van der Waals surface area contributed by atoms with E-state index in [0.717, 1.165) is 29.7 Å². The zero-order valence-corrected chi connectivity index (χ0v) is 20.2. The minimum Gasteiger partial charge on any atom is -0.465 e. The van der Waals surface area contributed by atoms with E-state index in [1.165, 1.54) is 12.7 Å². The Labute approximate surface area is 200 Å². The van der Waals surface area contributed by atoms with Crippen LogP contribution in [0, 0.1) is 23.7 Å². The lowest BCUT2D eigenvalue weighted by Crippen LogP contribution is -2.37. The number of rotatable bonds is 7. The smallest absolute Gasteiger partial charge is 0.337 e. The average Bonchev–Trinajstić information content (AvgIpc) is 3.25. The number of benzene rings is 1. The number of pyridine rings is 1. The van der Waals surface area contributed by atoms with Gasteiger partial charge in [-0.05, 0) is 67.3 Å². The van der Waals surface area contributed by atoms with Crippen molar-refractivity contribution >= 4 is 22.9 Å². The Balaban J connectivity index is 1.47. The second kappa shape index (κ2) is 10.2. The zero-order valence-electron chi connectivity index (χ0n) is 20.2. The van der Waals surface area contributed by atoms with Gasteiger partial charge in [0.1, 0.15) is 5.82 Å². The predicted molar refractivity (Wildman–Crippen MR) is 131 cm³/mol. The summed E-state index contributed by atoms with van der Waals surface area (Å²) in [6.45, 7) is 7.29. The molecule has 7 nitrogen and oxygen atoms in total. The molecule has 178 valence electrons. The number of allylic oxidation sites excluding steroid dienone is 1. The normalized spacial score (nSPS) is 20.3. The number of imidazole rings is 1. The Morgan fingerprint density at radius 2 is 2.06 bits per heavy atom. The first kappa shape index (κ1) is 23.7. The van der Waals surface area contributed by atoms with Gasteiger partial charge in [-0.2, -0.15) is 0 Å². The van der Waals surface area contributed by atoms with Crippen molar-refractivity contribution in [1.82, 2.24) is 20.3 Å².